The van der Waals surface area contributed by atoms with Crippen LogP contribution in [0.3, 0.4) is 0 Å². The van der Waals surface area contributed by atoms with Crippen LogP contribution in [0.4, 0.5) is 0 Å². The minimum Gasteiger partial charge on any atom is -0.270 e. The Kier molecular flexibility index (Phi) is 7.14. The molecule has 0 aromatic heterocycles. The number of imide groups is 2. The second-order valence-electron chi connectivity index (χ2n) is 16.7. The molecule has 2 aliphatic rings. The molecule has 0 saturated heterocycles. The van der Waals surface area contributed by atoms with E-state index >= 15 is 0 Å². The first-order valence-electron chi connectivity index (χ1n) is 20.9. The maximum Gasteiger partial charge on any atom is 0.261 e. The second kappa shape index (κ2) is 12.8. The maximum atomic E-state index is 14.8. The Bertz CT molecular complexity index is 3910. The number of amides is 4. The molecule has 11 aromatic carbocycles. The fraction of sp³-hybridized carbons (Fsp3) is 0.0357. The van der Waals surface area contributed by atoms with Gasteiger partial charge in [0.15, 0.2) is 0 Å². The van der Waals surface area contributed by atoms with Crippen molar-refractivity contribution >= 4 is 110 Å². The van der Waals surface area contributed by atoms with E-state index in [9.17, 15) is 29.7 Å². The SMILES string of the molecule is N#Cc1cc2c3c(cc(C#N)c4c5ccc6c7c(ccc(c1c34)c75)C(=O)N(Cc1c3ccccc3cc3ccccc13)C6=O)C(=O)N(Cc1c3ccccc3cc3ccccc13)C2=O. The highest BCUT2D eigenvalue weighted by Crippen LogP contribution is 2.49. The van der Waals surface area contributed by atoms with E-state index in [0.717, 1.165) is 54.2 Å². The summed E-state index contributed by atoms with van der Waals surface area (Å²) in [6.45, 7) is 0.0157. The van der Waals surface area contributed by atoms with Crippen molar-refractivity contribution in [2.24, 2.45) is 0 Å². The number of benzene rings is 11. The molecule has 4 amide bonds. The minimum atomic E-state index is -0.542. The van der Waals surface area contributed by atoms with Crippen LogP contribution in [0.15, 0.2) is 146 Å². The molecule has 13 rings (SSSR count). The smallest absolute Gasteiger partial charge is 0.261 e. The average Bonchev–Trinajstić information content (AvgIpc) is 3.33. The first kappa shape index (κ1) is 35.7. The van der Waals surface area contributed by atoms with Crippen molar-refractivity contribution in [1.82, 2.24) is 9.80 Å². The summed E-state index contributed by atoms with van der Waals surface area (Å²) in [7, 11) is 0. The predicted molar refractivity (Wildman–Crippen MR) is 248 cm³/mol. The number of nitriles is 2. The van der Waals surface area contributed by atoms with Gasteiger partial charge in [-0.3, -0.25) is 29.0 Å². The predicted octanol–water partition coefficient (Wildman–Crippen LogP) is 11.7. The van der Waals surface area contributed by atoms with Crippen LogP contribution >= 0.6 is 0 Å². The van der Waals surface area contributed by atoms with Crippen LogP contribution in [-0.2, 0) is 13.1 Å². The van der Waals surface area contributed by atoms with E-state index < -0.39 is 23.6 Å². The van der Waals surface area contributed by atoms with Gasteiger partial charge in [0.1, 0.15) is 0 Å². The Hall–Kier alpha value is -8.98. The highest BCUT2D eigenvalue weighted by Gasteiger charge is 2.39. The number of fused-ring (bicyclic) bond motifs is 6. The molecule has 8 nitrogen and oxygen atoms in total. The lowest BCUT2D eigenvalue weighted by molar-refractivity contribution is 0.0584. The van der Waals surface area contributed by atoms with Crippen molar-refractivity contribution in [3.05, 3.63) is 190 Å². The molecule has 11 aromatic rings. The molecule has 64 heavy (non-hydrogen) atoms. The number of hydrogen-bond acceptors (Lipinski definition) is 6. The van der Waals surface area contributed by atoms with E-state index in [0.29, 0.717) is 54.2 Å². The third-order valence-corrected chi connectivity index (χ3v) is 13.6. The van der Waals surface area contributed by atoms with Gasteiger partial charge in [-0.15, -0.1) is 0 Å². The Balaban J connectivity index is 1.01. The van der Waals surface area contributed by atoms with E-state index in [1.54, 1.807) is 36.4 Å². The molecule has 0 saturated carbocycles. The van der Waals surface area contributed by atoms with Crippen LogP contribution in [-0.4, -0.2) is 33.4 Å². The van der Waals surface area contributed by atoms with Gasteiger partial charge in [0.2, 0.25) is 0 Å². The molecule has 0 N–H and O–H groups in total. The van der Waals surface area contributed by atoms with Gasteiger partial charge in [0.05, 0.1) is 47.5 Å². The molecule has 2 aliphatic heterocycles. The molecule has 0 bridgehead atoms. The molecule has 296 valence electrons. The Morgan fingerprint density at radius 3 is 1.06 bits per heavy atom. The highest BCUT2D eigenvalue weighted by atomic mass is 16.2. The Morgan fingerprint density at radius 1 is 0.344 bits per heavy atom. The zero-order valence-corrected chi connectivity index (χ0v) is 33.7. The zero-order chi connectivity index (χ0) is 43.1. The summed E-state index contributed by atoms with van der Waals surface area (Å²) in [5.74, 6) is -1.99. The van der Waals surface area contributed by atoms with Crippen LogP contribution in [0, 0.1) is 22.7 Å². The van der Waals surface area contributed by atoms with E-state index in [2.05, 4.69) is 24.3 Å². The van der Waals surface area contributed by atoms with Gasteiger partial charge in [-0.05, 0) is 107 Å². The van der Waals surface area contributed by atoms with E-state index in [1.165, 1.54) is 9.80 Å². The molecule has 0 radical (unpaired) electrons. The summed E-state index contributed by atoms with van der Waals surface area (Å²) in [6, 6.07) is 50.6. The lowest BCUT2D eigenvalue weighted by Gasteiger charge is -2.31. The van der Waals surface area contributed by atoms with Crippen molar-refractivity contribution in [3.8, 4) is 12.1 Å². The molecule has 0 fully saturated rings. The zero-order valence-electron chi connectivity index (χ0n) is 33.7. The quantitative estimate of drug-likeness (QED) is 0.0989. The third-order valence-electron chi connectivity index (χ3n) is 13.6. The molecule has 0 aliphatic carbocycles. The van der Waals surface area contributed by atoms with Crippen molar-refractivity contribution in [3.63, 3.8) is 0 Å². The molecule has 0 atom stereocenters. The van der Waals surface area contributed by atoms with Crippen LogP contribution in [0.5, 0.6) is 0 Å². The molecule has 0 spiro atoms. The monoisotopic (exact) mass is 820 g/mol. The first-order valence-corrected chi connectivity index (χ1v) is 20.9. The lowest BCUT2D eigenvalue weighted by atomic mass is 9.79. The van der Waals surface area contributed by atoms with Crippen molar-refractivity contribution in [2.75, 3.05) is 0 Å². The topological polar surface area (TPSA) is 122 Å². The highest BCUT2D eigenvalue weighted by molar-refractivity contribution is 6.42. The van der Waals surface area contributed by atoms with Gasteiger partial charge in [0.25, 0.3) is 23.6 Å². The average molecular weight is 821 g/mol. The summed E-state index contributed by atoms with van der Waals surface area (Å²) in [4.78, 5) is 61.7. The minimum absolute atomic E-state index is 0.0305. The van der Waals surface area contributed by atoms with Gasteiger partial charge in [0, 0.05) is 38.1 Å². The first-order chi connectivity index (χ1) is 31.3. The molecule has 0 unspecified atom stereocenters. The van der Waals surface area contributed by atoms with Gasteiger partial charge >= 0.3 is 0 Å². The standard InChI is InChI=1S/C56H28N4O4/c57-25-33-23-43-51-44(56(64)60(55(43)63)28-46-37-15-7-3-11-31(37)22-32-12-4-8-16-38(32)46)24-34(26-58)48-40-18-20-42-50-41(19-17-39(49(40)50)47(33)52(48)51)53(61)59(54(42)62)27-45-35-13-5-1-9-29(35)21-30-10-2-6-14-36(30)45/h1-24H,27-28H2. The number of nitrogens with zero attached hydrogens (tertiary/aromatic N) is 4. The number of carbonyl (C=O) groups is 4. The van der Waals surface area contributed by atoms with E-state index in [1.807, 2.05) is 97.1 Å². The third kappa shape index (κ3) is 4.58. The fourth-order valence-corrected chi connectivity index (χ4v) is 10.9. The van der Waals surface area contributed by atoms with Crippen LogP contribution < -0.4 is 0 Å². The Morgan fingerprint density at radius 2 is 0.688 bits per heavy atom. The van der Waals surface area contributed by atoms with Crippen LogP contribution in [0.25, 0.3) is 86.2 Å². The summed E-state index contributed by atoms with van der Waals surface area (Å²) < 4.78 is 0. The van der Waals surface area contributed by atoms with Crippen LogP contribution in [0.2, 0.25) is 0 Å². The van der Waals surface area contributed by atoms with Crippen molar-refractivity contribution in [2.45, 2.75) is 13.1 Å². The number of hydrogen-bond donors (Lipinski definition) is 0. The summed E-state index contributed by atoms with van der Waals surface area (Å²) in [5.41, 5.74) is 3.06. The number of carbonyl (C=O) groups excluding carboxylic acids is 4. The maximum absolute atomic E-state index is 14.8. The summed E-state index contributed by atoms with van der Waals surface area (Å²) in [6.07, 6.45) is 0. The summed E-state index contributed by atoms with van der Waals surface area (Å²) >= 11 is 0. The Labute approximate surface area is 363 Å². The second-order valence-corrected chi connectivity index (χ2v) is 16.7. The van der Waals surface area contributed by atoms with Crippen molar-refractivity contribution < 1.29 is 19.2 Å². The van der Waals surface area contributed by atoms with Gasteiger partial charge in [-0.2, -0.15) is 10.5 Å². The van der Waals surface area contributed by atoms with Crippen molar-refractivity contribution in [1.29, 1.82) is 10.5 Å². The molecular formula is C56H28N4O4. The van der Waals surface area contributed by atoms with Gasteiger partial charge in [-0.1, -0.05) is 109 Å². The largest absolute Gasteiger partial charge is 0.270 e. The van der Waals surface area contributed by atoms with E-state index in [-0.39, 0.29) is 35.3 Å². The normalized spacial score (nSPS) is 13.8. The molecule has 2 heterocycles. The molecule has 8 heteroatoms. The molecular weight excluding hydrogens is 793 g/mol. The van der Waals surface area contributed by atoms with Gasteiger partial charge < -0.3 is 0 Å². The van der Waals surface area contributed by atoms with Crippen LogP contribution in [0.1, 0.15) is 63.7 Å². The lowest BCUT2D eigenvalue weighted by Crippen LogP contribution is -2.40. The van der Waals surface area contributed by atoms with E-state index in [4.69, 9.17) is 0 Å². The van der Waals surface area contributed by atoms with Gasteiger partial charge in [-0.25, -0.2) is 0 Å². The summed E-state index contributed by atoms with van der Waals surface area (Å²) in [5, 5.41) is 33.3. The number of rotatable bonds is 4. The fourth-order valence-electron chi connectivity index (χ4n) is 10.9.